The van der Waals surface area contributed by atoms with Crippen LogP contribution in [0.1, 0.15) is 48.6 Å². The van der Waals surface area contributed by atoms with Gasteiger partial charge in [-0.3, -0.25) is 4.79 Å². The van der Waals surface area contributed by atoms with E-state index in [1.54, 1.807) is 36.6 Å². The predicted molar refractivity (Wildman–Crippen MR) is 152 cm³/mol. The summed E-state index contributed by atoms with van der Waals surface area (Å²) in [6, 6.07) is 18.9. The van der Waals surface area contributed by atoms with Gasteiger partial charge in [-0.15, -0.1) is 0 Å². The molecular weight excluding hydrogens is 611 g/mol. The Morgan fingerprint density at radius 1 is 1.13 bits per heavy atom. The lowest BCUT2D eigenvalue weighted by Gasteiger charge is -2.36. The maximum Gasteiger partial charge on any atom is 0.355 e. The minimum absolute atomic E-state index is 0.0804. The molecule has 2 aliphatic rings. The second-order valence-corrected chi connectivity index (χ2v) is 10.8. The molecule has 2 atom stereocenters. The third-order valence-corrected chi connectivity index (χ3v) is 8.10. The molecule has 6 rings (SSSR count). The van der Waals surface area contributed by atoms with E-state index < -0.39 is 23.6 Å². The van der Waals surface area contributed by atoms with E-state index in [1.165, 1.54) is 0 Å². The average molecular weight is 636 g/mol. The summed E-state index contributed by atoms with van der Waals surface area (Å²) in [5.74, 6) is -1.44. The molecule has 0 saturated heterocycles. The van der Waals surface area contributed by atoms with Crippen LogP contribution >= 0.6 is 22.6 Å². The predicted octanol–water partition coefficient (Wildman–Crippen LogP) is 5.01. The molecule has 8 nitrogen and oxygen atoms in total. The van der Waals surface area contributed by atoms with Crippen molar-refractivity contribution in [2.75, 3.05) is 6.61 Å². The number of para-hydroxylation sites is 1. The van der Waals surface area contributed by atoms with Gasteiger partial charge in [0.15, 0.2) is 6.10 Å². The van der Waals surface area contributed by atoms with Crippen LogP contribution in [0.4, 0.5) is 0 Å². The van der Waals surface area contributed by atoms with Crippen molar-refractivity contribution in [3.63, 3.8) is 0 Å². The molecule has 9 heteroatoms. The zero-order chi connectivity index (χ0) is 27.3. The van der Waals surface area contributed by atoms with Gasteiger partial charge in [0.2, 0.25) is 5.60 Å². The normalized spacial score (nSPS) is 18.2. The van der Waals surface area contributed by atoms with E-state index in [1.807, 2.05) is 42.5 Å². The highest BCUT2D eigenvalue weighted by Gasteiger charge is 2.51. The summed E-state index contributed by atoms with van der Waals surface area (Å²) in [5.41, 5.74) is 2.14. The fourth-order valence-corrected chi connectivity index (χ4v) is 5.77. The number of esters is 2. The highest BCUT2D eigenvalue weighted by molar-refractivity contribution is 14.1. The van der Waals surface area contributed by atoms with Crippen LogP contribution in [0.25, 0.3) is 22.3 Å². The Labute approximate surface area is 238 Å². The zero-order valence-electron chi connectivity index (χ0n) is 21.4. The molecule has 0 saturated carbocycles. The number of hydrogen-bond acceptors (Lipinski definition) is 7. The second kappa shape index (κ2) is 9.87. The topological polar surface area (TPSA) is 96.7 Å². The monoisotopic (exact) mass is 636 g/mol. The fraction of sp³-hybridized carbons (Fsp3) is 0.267. The molecule has 0 spiro atoms. The summed E-state index contributed by atoms with van der Waals surface area (Å²) in [6.07, 6.45) is -0.963. The minimum Gasteiger partial charge on any atom is -0.457 e. The van der Waals surface area contributed by atoms with Crippen LogP contribution in [0.3, 0.4) is 0 Å². The van der Waals surface area contributed by atoms with Crippen molar-refractivity contribution in [1.29, 1.82) is 0 Å². The van der Waals surface area contributed by atoms with Gasteiger partial charge in [0.25, 0.3) is 5.56 Å². The van der Waals surface area contributed by atoms with Gasteiger partial charge in [-0.25, -0.2) is 14.6 Å². The van der Waals surface area contributed by atoms with Crippen LogP contribution in [-0.2, 0) is 42.6 Å². The van der Waals surface area contributed by atoms with E-state index in [0.29, 0.717) is 34.6 Å². The van der Waals surface area contributed by atoms with Crippen molar-refractivity contribution in [3.8, 4) is 11.4 Å². The van der Waals surface area contributed by atoms with Crippen LogP contribution in [-0.4, -0.2) is 28.1 Å². The molecule has 0 N–H and O–H groups in total. The summed E-state index contributed by atoms with van der Waals surface area (Å²) >= 11 is 2.18. The standard InChI is InChI=1S/C30H25IN2O6/c1-3-30(39-28(35)26(37-4-2)17-9-11-20(31)12-10-17)22-14-24-25-19(13-18-7-5-6-8-23(18)32-25)15-33(24)27(34)21(22)16-38-29(30)36/h5-14,26H,3-4,15-16H2,1-2H3. The Balaban J connectivity index is 1.47. The molecule has 198 valence electrons. The van der Waals surface area contributed by atoms with Crippen molar-refractivity contribution in [1.82, 2.24) is 9.55 Å². The molecule has 2 aromatic carbocycles. The first-order valence-corrected chi connectivity index (χ1v) is 13.9. The molecule has 0 fully saturated rings. The molecule has 0 aliphatic carbocycles. The van der Waals surface area contributed by atoms with Crippen molar-refractivity contribution in [2.45, 2.75) is 45.1 Å². The first kappa shape index (κ1) is 25.7. The van der Waals surface area contributed by atoms with Gasteiger partial charge in [0.1, 0.15) is 6.61 Å². The molecule has 2 aromatic heterocycles. The number of benzene rings is 2. The Morgan fingerprint density at radius 3 is 2.64 bits per heavy atom. The van der Waals surface area contributed by atoms with E-state index >= 15 is 0 Å². The van der Waals surface area contributed by atoms with Gasteiger partial charge in [0, 0.05) is 26.7 Å². The van der Waals surface area contributed by atoms with Crippen molar-refractivity contribution in [3.05, 3.63) is 96.8 Å². The largest absolute Gasteiger partial charge is 0.457 e. The lowest BCUT2D eigenvalue weighted by atomic mass is 9.85. The summed E-state index contributed by atoms with van der Waals surface area (Å²) in [4.78, 5) is 45.6. The summed E-state index contributed by atoms with van der Waals surface area (Å²) in [7, 11) is 0. The van der Waals surface area contributed by atoms with Crippen LogP contribution in [0, 0.1) is 3.57 Å². The highest BCUT2D eigenvalue weighted by Crippen LogP contribution is 2.42. The summed E-state index contributed by atoms with van der Waals surface area (Å²) < 4.78 is 19.9. The number of ether oxygens (including phenoxy) is 3. The van der Waals surface area contributed by atoms with E-state index in [4.69, 9.17) is 19.2 Å². The number of rotatable bonds is 6. The zero-order valence-corrected chi connectivity index (χ0v) is 23.6. The molecule has 4 heterocycles. The molecule has 2 unspecified atom stereocenters. The lowest BCUT2D eigenvalue weighted by molar-refractivity contribution is -0.196. The quantitative estimate of drug-likeness (QED) is 0.191. The molecular formula is C30H25IN2O6. The number of carbonyl (C=O) groups excluding carboxylic acids is 2. The number of hydrogen-bond donors (Lipinski definition) is 0. The minimum atomic E-state index is -1.79. The number of nitrogens with zero attached hydrogens (tertiary/aromatic N) is 2. The number of halogens is 1. The van der Waals surface area contributed by atoms with Crippen molar-refractivity contribution >= 4 is 45.4 Å². The van der Waals surface area contributed by atoms with Gasteiger partial charge in [-0.1, -0.05) is 37.3 Å². The van der Waals surface area contributed by atoms with Gasteiger partial charge in [0.05, 0.1) is 29.0 Å². The SMILES string of the molecule is CCOC(C(=O)OC1(CC)C(=O)OCc2c1cc1n(c2=O)Cc2cc3ccccc3nc2-1)c1ccc(I)cc1. The van der Waals surface area contributed by atoms with Gasteiger partial charge >= 0.3 is 11.9 Å². The van der Waals surface area contributed by atoms with Crippen LogP contribution in [0.15, 0.2) is 65.5 Å². The third kappa shape index (κ3) is 4.15. The van der Waals surface area contributed by atoms with Gasteiger partial charge < -0.3 is 18.8 Å². The number of fused-ring (bicyclic) bond motifs is 5. The van der Waals surface area contributed by atoms with Crippen LogP contribution < -0.4 is 5.56 Å². The average Bonchev–Trinajstić information content (AvgIpc) is 3.30. The third-order valence-electron chi connectivity index (χ3n) is 7.38. The molecule has 4 aromatic rings. The van der Waals surface area contributed by atoms with Gasteiger partial charge in [-0.2, -0.15) is 0 Å². The van der Waals surface area contributed by atoms with E-state index in [9.17, 15) is 14.4 Å². The lowest BCUT2D eigenvalue weighted by Crippen LogP contribution is -2.48. The first-order chi connectivity index (χ1) is 18.9. The Hall–Kier alpha value is -3.57. The number of pyridine rings is 2. The maximum absolute atomic E-state index is 13.7. The molecule has 39 heavy (non-hydrogen) atoms. The Morgan fingerprint density at radius 2 is 1.90 bits per heavy atom. The van der Waals surface area contributed by atoms with Gasteiger partial charge in [-0.05, 0) is 71.8 Å². The second-order valence-electron chi connectivity index (χ2n) is 9.57. The number of carbonyl (C=O) groups is 2. The fourth-order valence-electron chi connectivity index (χ4n) is 5.41. The smallest absolute Gasteiger partial charge is 0.355 e. The molecule has 0 amide bonds. The first-order valence-electron chi connectivity index (χ1n) is 12.8. The Kier molecular flexibility index (Phi) is 6.50. The molecule has 0 bridgehead atoms. The Bertz CT molecular complexity index is 1700. The summed E-state index contributed by atoms with van der Waals surface area (Å²) in [6.45, 7) is 3.95. The van der Waals surface area contributed by atoms with Crippen molar-refractivity contribution < 1.29 is 23.8 Å². The van der Waals surface area contributed by atoms with Crippen LogP contribution in [0.5, 0.6) is 0 Å². The van der Waals surface area contributed by atoms with Crippen molar-refractivity contribution in [2.24, 2.45) is 0 Å². The molecule has 2 aliphatic heterocycles. The van der Waals surface area contributed by atoms with Crippen LogP contribution in [0.2, 0.25) is 0 Å². The highest BCUT2D eigenvalue weighted by atomic mass is 127. The van der Waals surface area contributed by atoms with E-state index in [-0.39, 0.29) is 25.2 Å². The number of aromatic nitrogens is 2. The molecule has 0 radical (unpaired) electrons. The summed E-state index contributed by atoms with van der Waals surface area (Å²) in [5, 5.41) is 0.981. The maximum atomic E-state index is 13.7. The number of cyclic esters (lactones) is 1. The van der Waals surface area contributed by atoms with E-state index in [2.05, 4.69) is 22.6 Å². The van der Waals surface area contributed by atoms with E-state index in [0.717, 1.165) is 20.0 Å².